The van der Waals surface area contributed by atoms with Crippen LogP contribution in [0.1, 0.15) is 36.5 Å². The average molecular weight is 527 g/mol. The molecule has 5 rings (SSSR count). The van der Waals surface area contributed by atoms with Crippen molar-refractivity contribution in [2.24, 2.45) is 0 Å². The van der Waals surface area contributed by atoms with Crippen LogP contribution in [0, 0.1) is 20.8 Å². The van der Waals surface area contributed by atoms with Gasteiger partial charge in [-0.05, 0) is 112 Å². The Balaban J connectivity index is 1.51. The Labute approximate surface area is 239 Å². The smallest absolute Gasteiger partial charge is 0.119 e. The molecule has 3 nitrogen and oxygen atoms in total. The van der Waals surface area contributed by atoms with Crippen LogP contribution >= 0.6 is 0 Å². The molecule has 0 aromatic heterocycles. The summed E-state index contributed by atoms with van der Waals surface area (Å²) in [7, 11) is 0. The highest BCUT2D eigenvalue weighted by molar-refractivity contribution is 5.81. The molecule has 0 aliphatic carbocycles. The summed E-state index contributed by atoms with van der Waals surface area (Å²) in [6.45, 7) is 9.29. The van der Waals surface area contributed by atoms with Crippen molar-refractivity contribution >= 4 is 34.1 Å². The van der Waals surface area contributed by atoms with Crippen LogP contribution in [0.5, 0.6) is 5.75 Å². The number of aryl methyl sites for hydroxylation is 3. The van der Waals surface area contributed by atoms with Crippen molar-refractivity contribution in [3.05, 3.63) is 138 Å². The van der Waals surface area contributed by atoms with Gasteiger partial charge in [0.2, 0.25) is 0 Å². The highest BCUT2D eigenvalue weighted by Gasteiger charge is 2.16. The molecule has 0 unspecified atom stereocenters. The molecule has 5 aromatic rings. The van der Waals surface area contributed by atoms with Gasteiger partial charge in [0.25, 0.3) is 0 Å². The first-order valence-corrected chi connectivity index (χ1v) is 14.1. The molecule has 0 aliphatic rings. The quantitative estimate of drug-likeness (QED) is 0.168. The topological polar surface area (TPSA) is 15.7 Å². The monoisotopic (exact) mass is 526 g/mol. The van der Waals surface area contributed by atoms with E-state index in [1.54, 1.807) is 0 Å². The van der Waals surface area contributed by atoms with Crippen LogP contribution in [0.15, 0.2) is 121 Å². The Morgan fingerprint density at radius 3 is 1.00 bits per heavy atom. The van der Waals surface area contributed by atoms with Crippen molar-refractivity contribution in [2.75, 3.05) is 16.4 Å². The summed E-state index contributed by atoms with van der Waals surface area (Å²) in [4.78, 5) is 4.60. The van der Waals surface area contributed by atoms with Crippen LogP contribution in [0.25, 0.3) is 0 Å². The first-order chi connectivity index (χ1) is 19.5. The third-order valence-electron chi connectivity index (χ3n) is 7.10. The van der Waals surface area contributed by atoms with Crippen molar-refractivity contribution in [1.82, 2.24) is 0 Å². The Hall–Kier alpha value is -4.50. The van der Waals surface area contributed by atoms with Crippen molar-refractivity contribution in [3.8, 4) is 5.75 Å². The van der Waals surface area contributed by atoms with Gasteiger partial charge in [0.15, 0.2) is 0 Å². The number of anilines is 6. The lowest BCUT2D eigenvalue weighted by atomic mass is 10.1. The molecule has 5 aromatic carbocycles. The van der Waals surface area contributed by atoms with Crippen molar-refractivity contribution in [2.45, 2.75) is 40.5 Å². The average Bonchev–Trinajstić information content (AvgIpc) is 2.98. The van der Waals surface area contributed by atoms with Gasteiger partial charge >= 0.3 is 0 Å². The second kappa shape index (κ2) is 12.6. The Morgan fingerprint density at radius 2 is 0.700 bits per heavy atom. The Morgan fingerprint density at radius 1 is 0.425 bits per heavy atom. The molecule has 0 fully saturated rings. The predicted molar refractivity (Wildman–Crippen MR) is 170 cm³/mol. The van der Waals surface area contributed by atoms with Gasteiger partial charge in [-0.3, -0.25) is 0 Å². The van der Waals surface area contributed by atoms with Gasteiger partial charge in [0, 0.05) is 34.1 Å². The minimum absolute atomic E-state index is 0.747. The lowest BCUT2D eigenvalue weighted by Crippen LogP contribution is -2.12. The molecular formula is C37H38N2O. The lowest BCUT2D eigenvalue weighted by molar-refractivity contribution is 0.309. The first-order valence-electron chi connectivity index (χ1n) is 14.1. The van der Waals surface area contributed by atoms with Crippen LogP contribution in [0.3, 0.4) is 0 Å². The summed E-state index contributed by atoms with van der Waals surface area (Å²) >= 11 is 0. The second-order valence-corrected chi connectivity index (χ2v) is 10.4. The van der Waals surface area contributed by atoms with Crippen LogP contribution in [-0.2, 0) is 0 Å². The summed E-state index contributed by atoms with van der Waals surface area (Å²) < 4.78 is 5.93. The molecule has 0 amide bonds. The highest BCUT2D eigenvalue weighted by Crippen LogP contribution is 2.39. The molecule has 0 saturated carbocycles. The minimum atomic E-state index is 0.747. The number of ether oxygens (including phenoxy) is 1. The maximum absolute atomic E-state index is 5.93. The van der Waals surface area contributed by atoms with E-state index in [9.17, 15) is 0 Å². The number of hydrogen-bond acceptors (Lipinski definition) is 3. The maximum atomic E-state index is 5.93. The minimum Gasteiger partial charge on any atom is -0.494 e. The fourth-order valence-electron chi connectivity index (χ4n) is 4.75. The maximum Gasteiger partial charge on any atom is 0.119 e. The van der Waals surface area contributed by atoms with E-state index in [0.717, 1.165) is 59.3 Å². The molecule has 0 radical (unpaired) electrons. The molecule has 0 saturated heterocycles. The lowest BCUT2D eigenvalue weighted by Gasteiger charge is -2.28. The number of rotatable bonds is 10. The third kappa shape index (κ3) is 6.38. The van der Waals surface area contributed by atoms with Crippen LogP contribution in [0.4, 0.5) is 34.1 Å². The zero-order chi connectivity index (χ0) is 27.9. The number of unbranched alkanes of at least 4 members (excludes halogenated alkanes) is 1. The highest BCUT2D eigenvalue weighted by atomic mass is 16.5. The van der Waals surface area contributed by atoms with Gasteiger partial charge in [-0.2, -0.15) is 0 Å². The zero-order valence-electron chi connectivity index (χ0n) is 24.0. The third-order valence-corrected chi connectivity index (χ3v) is 7.10. The fraction of sp³-hybridized carbons (Fsp3) is 0.189. The molecule has 0 heterocycles. The molecule has 0 spiro atoms. The fourth-order valence-corrected chi connectivity index (χ4v) is 4.75. The van der Waals surface area contributed by atoms with Gasteiger partial charge in [0.1, 0.15) is 5.75 Å². The molecule has 0 bridgehead atoms. The number of hydrogen-bond donors (Lipinski definition) is 0. The van der Waals surface area contributed by atoms with Crippen molar-refractivity contribution < 1.29 is 4.74 Å². The van der Waals surface area contributed by atoms with Gasteiger partial charge in [0.05, 0.1) is 6.61 Å². The number of benzene rings is 5. The molecule has 0 aliphatic heterocycles. The summed E-state index contributed by atoms with van der Waals surface area (Å²) in [5.41, 5.74) is 10.4. The Kier molecular flexibility index (Phi) is 8.51. The van der Waals surface area contributed by atoms with Crippen LogP contribution < -0.4 is 14.5 Å². The standard InChI is InChI=1S/C37H38N2O/c1-5-6-27-40-37-25-23-36(24-26-37)39(33-17-11-30(4)12-18-33)35-21-19-34(20-22-35)38(31-13-7-28(2)8-14-31)32-15-9-29(3)10-16-32/h7-26H,5-6,27H2,1-4H3. The summed E-state index contributed by atoms with van der Waals surface area (Å²) in [6.07, 6.45) is 2.19. The zero-order valence-corrected chi connectivity index (χ0v) is 24.0. The first kappa shape index (κ1) is 27.1. The summed E-state index contributed by atoms with van der Waals surface area (Å²) in [6, 6.07) is 43.3. The van der Waals surface area contributed by atoms with E-state index < -0.39 is 0 Å². The van der Waals surface area contributed by atoms with Crippen LogP contribution in [-0.4, -0.2) is 6.61 Å². The SMILES string of the molecule is CCCCOc1ccc(N(c2ccc(C)cc2)c2ccc(N(c3ccc(C)cc3)c3ccc(C)cc3)cc2)cc1. The van der Waals surface area contributed by atoms with E-state index in [0.29, 0.717) is 0 Å². The van der Waals surface area contributed by atoms with Gasteiger partial charge in [-0.25, -0.2) is 0 Å². The normalized spacial score (nSPS) is 10.8. The second-order valence-electron chi connectivity index (χ2n) is 10.4. The van der Waals surface area contributed by atoms with Gasteiger partial charge < -0.3 is 14.5 Å². The van der Waals surface area contributed by atoms with E-state index >= 15 is 0 Å². The van der Waals surface area contributed by atoms with Crippen LogP contribution in [0.2, 0.25) is 0 Å². The van der Waals surface area contributed by atoms with Crippen molar-refractivity contribution in [1.29, 1.82) is 0 Å². The molecule has 3 heteroatoms. The van der Waals surface area contributed by atoms with Crippen molar-refractivity contribution in [3.63, 3.8) is 0 Å². The summed E-state index contributed by atoms with van der Waals surface area (Å²) in [5, 5.41) is 0. The predicted octanol–water partition coefficient (Wildman–Crippen LogP) is 10.7. The molecule has 0 N–H and O–H groups in total. The van der Waals surface area contributed by atoms with E-state index in [-0.39, 0.29) is 0 Å². The Bertz CT molecular complexity index is 1440. The molecule has 202 valence electrons. The number of nitrogens with zero attached hydrogens (tertiary/aromatic N) is 2. The van der Waals surface area contributed by atoms with E-state index in [1.165, 1.54) is 16.7 Å². The van der Waals surface area contributed by atoms with E-state index in [4.69, 9.17) is 4.74 Å². The van der Waals surface area contributed by atoms with E-state index in [1.807, 2.05) is 0 Å². The molecule has 0 atom stereocenters. The summed E-state index contributed by atoms with van der Waals surface area (Å²) in [5.74, 6) is 0.906. The van der Waals surface area contributed by atoms with E-state index in [2.05, 4.69) is 159 Å². The van der Waals surface area contributed by atoms with Gasteiger partial charge in [-0.1, -0.05) is 66.4 Å². The molecule has 40 heavy (non-hydrogen) atoms. The largest absolute Gasteiger partial charge is 0.494 e. The van der Waals surface area contributed by atoms with Gasteiger partial charge in [-0.15, -0.1) is 0 Å². The molecular weight excluding hydrogens is 488 g/mol.